The van der Waals surface area contributed by atoms with Crippen LogP contribution in [0.5, 0.6) is 5.75 Å². The van der Waals surface area contributed by atoms with Crippen molar-refractivity contribution < 1.29 is 9.90 Å². The van der Waals surface area contributed by atoms with Crippen molar-refractivity contribution in [3.8, 4) is 5.75 Å². The van der Waals surface area contributed by atoms with Crippen LogP contribution in [0.3, 0.4) is 0 Å². The van der Waals surface area contributed by atoms with E-state index in [1.807, 2.05) is 6.92 Å². The number of phenolic OH excluding ortho intramolecular Hbond substituents is 1. The number of alkyl halides is 1. The maximum absolute atomic E-state index is 11.5. The number of nitrogens with one attached hydrogen (secondary N) is 1. The average molecular weight is 502 g/mol. The number of hydrogen-bond acceptors (Lipinski definition) is 4. The lowest BCUT2D eigenvalue weighted by molar-refractivity contribution is -0.120. The monoisotopic (exact) mass is 502 g/mol. The van der Waals surface area contributed by atoms with Crippen molar-refractivity contribution in [1.82, 2.24) is 5.32 Å². The van der Waals surface area contributed by atoms with Crippen LogP contribution in [0.1, 0.15) is 71.6 Å². The summed E-state index contributed by atoms with van der Waals surface area (Å²) in [5, 5.41) is 14.8. The number of nitrogens with zero attached hydrogens (tertiary/aromatic N) is 1. The zero-order valence-corrected chi connectivity index (χ0v) is 20.3. The molecule has 0 bridgehead atoms. The highest BCUT2D eigenvalue weighted by atomic mass is 127. The number of amides is 1. The third kappa shape index (κ3) is 5.19. The van der Waals surface area contributed by atoms with E-state index in [-0.39, 0.29) is 20.3 Å². The molecule has 0 aromatic heterocycles. The van der Waals surface area contributed by atoms with Gasteiger partial charge in [0.05, 0.1) is 11.6 Å². The summed E-state index contributed by atoms with van der Waals surface area (Å²) < 4.78 is -0.387. The smallest absolute Gasteiger partial charge is 0.220 e. The van der Waals surface area contributed by atoms with E-state index >= 15 is 0 Å². The molecule has 1 atom stereocenters. The fraction of sp³-hybridized carbons (Fsp3) is 0.619. The molecule has 1 aromatic rings. The maximum atomic E-state index is 11.5. The lowest BCUT2D eigenvalue weighted by atomic mass is 9.78. The molecular weight excluding hydrogens is 471 g/mol. The third-order valence-corrected chi connectivity index (χ3v) is 7.55. The van der Waals surface area contributed by atoms with Crippen molar-refractivity contribution in [1.29, 1.82) is 0 Å². The molecule has 2 N–H and O–H groups in total. The van der Waals surface area contributed by atoms with Crippen molar-refractivity contribution in [2.24, 2.45) is 4.99 Å². The van der Waals surface area contributed by atoms with Crippen LogP contribution in [0, 0.1) is 0 Å². The Kier molecular flexibility index (Phi) is 6.62. The molecule has 4 nitrogen and oxygen atoms in total. The number of rotatable bonds is 4. The molecule has 6 heteroatoms. The Morgan fingerprint density at radius 1 is 1.22 bits per heavy atom. The van der Waals surface area contributed by atoms with Crippen LogP contribution in [0.2, 0.25) is 0 Å². The van der Waals surface area contributed by atoms with Gasteiger partial charge in [0.1, 0.15) is 9.30 Å². The first-order valence-corrected chi connectivity index (χ1v) is 11.4. The highest BCUT2D eigenvalue weighted by Gasteiger charge is 2.37. The van der Waals surface area contributed by atoms with E-state index < -0.39 is 0 Å². The minimum Gasteiger partial charge on any atom is -0.507 e. The topological polar surface area (TPSA) is 61.7 Å². The third-order valence-electron chi connectivity index (χ3n) is 4.66. The largest absolute Gasteiger partial charge is 0.507 e. The van der Waals surface area contributed by atoms with Gasteiger partial charge in [-0.1, -0.05) is 48.5 Å². The molecule has 2 rings (SSSR count). The normalized spacial score (nSPS) is 20.5. The van der Waals surface area contributed by atoms with Crippen LogP contribution in [0.25, 0.3) is 0 Å². The van der Waals surface area contributed by atoms with Crippen LogP contribution in [-0.2, 0) is 19.2 Å². The van der Waals surface area contributed by atoms with E-state index in [9.17, 15) is 9.90 Å². The van der Waals surface area contributed by atoms with Crippen LogP contribution < -0.4 is 5.32 Å². The maximum Gasteiger partial charge on any atom is 0.220 e. The molecule has 150 valence electrons. The van der Waals surface area contributed by atoms with Gasteiger partial charge in [0.25, 0.3) is 0 Å². The highest BCUT2D eigenvalue weighted by Crippen LogP contribution is 2.47. The highest BCUT2D eigenvalue weighted by molar-refractivity contribution is 14.1. The SMILES string of the molecule is CCC(=O)NCC1=NC(I)(c2cc(C(C)(C)C)c(O)c(C(C)(C)C)c2)CS1. The van der Waals surface area contributed by atoms with Crippen LogP contribution >= 0.6 is 34.4 Å². The summed E-state index contributed by atoms with van der Waals surface area (Å²) in [4.78, 5) is 16.5. The number of carbonyl (C=O) groups is 1. The standard InChI is InChI=1S/C21H31IN2O2S/c1-8-16(25)23-11-17-24-21(22,12-27-17)13-9-14(19(2,3)4)18(26)15(10-13)20(5,6)7/h9-10,26H,8,11-12H2,1-7H3,(H,23,25). The van der Waals surface area contributed by atoms with Crippen molar-refractivity contribution in [3.63, 3.8) is 0 Å². The Bertz CT molecular complexity index is 727. The van der Waals surface area contributed by atoms with Crippen LogP contribution in [0.15, 0.2) is 17.1 Å². The number of aliphatic imine (C=N–C) groups is 1. The van der Waals surface area contributed by atoms with Crippen LogP contribution in [-0.4, -0.2) is 28.4 Å². The van der Waals surface area contributed by atoms with Gasteiger partial charge in [0, 0.05) is 12.2 Å². The predicted molar refractivity (Wildman–Crippen MR) is 124 cm³/mol. The summed E-state index contributed by atoms with van der Waals surface area (Å²) in [6.45, 7) is 15.1. The summed E-state index contributed by atoms with van der Waals surface area (Å²) in [5.41, 5.74) is 2.68. The lowest BCUT2D eigenvalue weighted by Crippen LogP contribution is -2.27. The number of thioether (sulfide) groups is 1. The van der Waals surface area contributed by atoms with Crippen molar-refractivity contribution in [2.45, 2.75) is 69.3 Å². The first-order valence-electron chi connectivity index (χ1n) is 9.33. The molecule has 0 saturated heterocycles. The van der Waals surface area contributed by atoms with E-state index in [0.29, 0.717) is 18.7 Å². The molecule has 0 spiro atoms. The summed E-state index contributed by atoms with van der Waals surface area (Å²) in [7, 11) is 0. The summed E-state index contributed by atoms with van der Waals surface area (Å²) in [5.74, 6) is 1.26. The molecule has 1 amide bonds. The van der Waals surface area contributed by atoms with Crippen molar-refractivity contribution in [3.05, 3.63) is 28.8 Å². The zero-order valence-electron chi connectivity index (χ0n) is 17.4. The zero-order chi connectivity index (χ0) is 20.6. The Hall–Kier alpha value is -0.760. The second kappa shape index (κ2) is 7.93. The Balaban J connectivity index is 2.48. The average Bonchev–Trinajstić information content (AvgIpc) is 2.93. The summed E-state index contributed by atoms with van der Waals surface area (Å²) in [6, 6.07) is 4.21. The quantitative estimate of drug-likeness (QED) is 0.336. The molecule has 0 fully saturated rings. The lowest BCUT2D eigenvalue weighted by Gasteiger charge is -2.30. The number of benzene rings is 1. The Morgan fingerprint density at radius 2 is 1.74 bits per heavy atom. The van der Waals surface area contributed by atoms with Gasteiger partial charge in [-0.2, -0.15) is 0 Å². The predicted octanol–water partition coefficient (Wildman–Crippen LogP) is 5.25. The molecule has 27 heavy (non-hydrogen) atoms. The van der Waals surface area contributed by atoms with Gasteiger partial charge in [-0.05, 0) is 62.2 Å². The first-order chi connectivity index (χ1) is 12.3. The minimum absolute atomic E-state index is 0.0407. The Labute approximate surface area is 181 Å². The van der Waals surface area contributed by atoms with Crippen LogP contribution in [0.4, 0.5) is 0 Å². The molecule has 0 radical (unpaired) electrons. The van der Waals surface area contributed by atoms with E-state index in [0.717, 1.165) is 27.5 Å². The number of aromatic hydroxyl groups is 1. The first kappa shape index (κ1) is 22.5. The molecular formula is C21H31IN2O2S. The van der Waals surface area contributed by atoms with E-state index in [1.165, 1.54) is 0 Å². The van der Waals surface area contributed by atoms with Gasteiger partial charge >= 0.3 is 0 Å². The van der Waals surface area contributed by atoms with Crippen molar-refractivity contribution in [2.75, 3.05) is 12.3 Å². The number of carbonyl (C=O) groups excluding carboxylic acids is 1. The van der Waals surface area contributed by atoms with Gasteiger partial charge < -0.3 is 10.4 Å². The molecule has 1 unspecified atom stereocenters. The van der Waals surface area contributed by atoms with Gasteiger partial charge in [-0.3, -0.25) is 9.79 Å². The van der Waals surface area contributed by atoms with Gasteiger partial charge in [-0.15, -0.1) is 11.8 Å². The van der Waals surface area contributed by atoms with Gasteiger partial charge in [-0.25, -0.2) is 0 Å². The Morgan fingerprint density at radius 3 is 2.19 bits per heavy atom. The number of halogens is 1. The fourth-order valence-electron chi connectivity index (χ4n) is 2.98. The summed E-state index contributed by atoms with van der Waals surface area (Å²) in [6.07, 6.45) is 0.481. The molecule has 1 aliphatic rings. The second-order valence-corrected chi connectivity index (χ2v) is 11.9. The second-order valence-electron chi connectivity index (χ2n) is 9.10. The molecule has 1 aromatic carbocycles. The number of hydrogen-bond donors (Lipinski definition) is 2. The molecule has 1 heterocycles. The fourth-order valence-corrected chi connectivity index (χ4v) is 5.19. The van der Waals surface area contributed by atoms with Gasteiger partial charge in [0.2, 0.25) is 5.91 Å². The van der Waals surface area contributed by atoms with E-state index in [2.05, 4.69) is 81.6 Å². The minimum atomic E-state index is -0.387. The van der Waals surface area contributed by atoms with E-state index in [1.54, 1.807) is 11.8 Å². The molecule has 1 aliphatic heterocycles. The molecule has 0 aliphatic carbocycles. The molecule has 0 saturated carbocycles. The van der Waals surface area contributed by atoms with E-state index in [4.69, 9.17) is 4.99 Å². The summed E-state index contributed by atoms with van der Waals surface area (Å²) >= 11 is 4.10. The van der Waals surface area contributed by atoms with Crippen molar-refractivity contribution >= 4 is 45.3 Å². The van der Waals surface area contributed by atoms with Gasteiger partial charge in [0.15, 0.2) is 0 Å². The number of phenols is 1.